The number of benzene rings is 1. The van der Waals surface area contributed by atoms with Crippen molar-refractivity contribution in [3.63, 3.8) is 0 Å². The van der Waals surface area contributed by atoms with Crippen LogP contribution in [0.25, 0.3) is 31.7 Å². The molecule has 4 aromatic heterocycles. The minimum absolute atomic E-state index is 0.190. The van der Waals surface area contributed by atoms with Gasteiger partial charge in [-0.25, -0.2) is 19.3 Å². The van der Waals surface area contributed by atoms with Crippen LogP contribution < -0.4 is 0 Å². The maximum absolute atomic E-state index is 7.47. The Morgan fingerprint density at radius 1 is 1.27 bits per heavy atom. The van der Waals surface area contributed by atoms with Gasteiger partial charge in [0.25, 0.3) is 0 Å². The van der Waals surface area contributed by atoms with Gasteiger partial charge in [0.2, 0.25) is 4.96 Å². The first-order valence-corrected chi connectivity index (χ1v) is 12.1. The molecule has 0 unspecified atom stereocenters. The van der Waals surface area contributed by atoms with Crippen molar-refractivity contribution in [3.05, 3.63) is 58.5 Å². The second kappa shape index (κ2) is 7.90. The minimum atomic E-state index is 0.190. The first kappa shape index (κ1) is 20.3. The van der Waals surface area contributed by atoms with Gasteiger partial charge >= 0.3 is 0 Å². The van der Waals surface area contributed by atoms with Gasteiger partial charge in [0, 0.05) is 24.5 Å². The molecule has 1 saturated heterocycles. The van der Waals surface area contributed by atoms with Crippen molar-refractivity contribution in [2.24, 2.45) is 0 Å². The molecule has 0 amide bonds. The van der Waals surface area contributed by atoms with E-state index in [9.17, 15) is 0 Å². The molecule has 0 N–H and O–H groups in total. The van der Waals surface area contributed by atoms with E-state index in [2.05, 4.69) is 33.3 Å². The van der Waals surface area contributed by atoms with Gasteiger partial charge in [-0.3, -0.25) is 4.98 Å². The van der Waals surface area contributed by atoms with Crippen LogP contribution in [0.15, 0.2) is 30.6 Å². The number of rotatable bonds is 4. The molecular formula is C24H23N7OS. The average Bonchev–Trinajstić information content (AvgIpc) is 3.49. The van der Waals surface area contributed by atoms with Gasteiger partial charge in [-0.15, -0.1) is 0 Å². The van der Waals surface area contributed by atoms with Gasteiger partial charge in [0.1, 0.15) is 16.3 Å². The van der Waals surface area contributed by atoms with Gasteiger partial charge in [0.15, 0.2) is 5.69 Å². The predicted molar refractivity (Wildman–Crippen MR) is 128 cm³/mol. The van der Waals surface area contributed by atoms with Crippen LogP contribution in [0.2, 0.25) is 0 Å². The lowest BCUT2D eigenvalue weighted by atomic mass is 10.0. The van der Waals surface area contributed by atoms with E-state index < -0.39 is 0 Å². The third-order valence-electron chi connectivity index (χ3n) is 6.30. The van der Waals surface area contributed by atoms with Crippen molar-refractivity contribution < 1.29 is 4.74 Å². The second-order valence-corrected chi connectivity index (χ2v) is 9.59. The van der Waals surface area contributed by atoms with Crippen LogP contribution >= 0.6 is 11.3 Å². The highest BCUT2D eigenvalue weighted by Gasteiger charge is 2.27. The van der Waals surface area contributed by atoms with Crippen LogP contribution in [0.3, 0.4) is 0 Å². The fraction of sp³-hybridized carbons (Fsp3) is 0.375. The standard InChI is InChI=1S/C24H23N7OS/c1-4-22-29-30-13-16(27-24(30)33-22)11-21-28-20-12-26-19-6-5-15(25-3)10-18(19)23(20)31(21)17-7-8-32-14(2)9-17/h5-6,10,12-14,17H,4,7-9,11H2,1-2H3/t14-,17-/m1/s1. The molecule has 166 valence electrons. The largest absolute Gasteiger partial charge is 0.378 e. The maximum Gasteiger partial charge on any atom is 0.212 e. The monoisotopic (exact) mass is 457 g/mol. The Morgan fingerprint density at radius 2 is 2.18 bits per heavy atom. The van der Waals surface area contributed by atoms with E-state index in [1.54, 1.807) is 11.3 Å². The Kier molecular flexibility index (Phi) is 4.85. The third-order valence-corrected chi connectivity index (χ3v) is 7.37. The SMILES string of the molecule is [C-]#[N+]c1ccc2ncc3nc(Cc4cn5nc(CC)sc5n4)n([C@@H]4CCO[C@H](C)C4)c3c2c1. The lowest BCUT2D eigenvalue weighted by Crippen LogP contribution is -2.26. The highest BCUT2D eigenvalue weighted by molar-refractivity contribution is 7.16. The summed E-state index contributed by atoms with van der Waals surface area (Å²) < 4.78 is 10.1. The van der Waals surface area contributed by atoms with Crippen LogP contribution in [-0.2, 0) is 17.6 Å². The summed E-state index contributed by atoms with van der Waals surface area (Å²) in [5.41, 5.74) is 4.34. The molecule has 0 aliphatic carbocycles. The zero-order valence-corrected chi connectivity index (χ0v) is 19.3. The van der Waals surface area contributed by atoms with Crippen molar-refractivity contribution in [3.8, 4) is 0 Å². The number of hydrogen-bond donors (Lipinski definition) is 0. The van der Waals surface area contributed by atoms with E-state index >= 15 is 0 Å². The minimum Gasteiger partial charge on any atom is -0.378 e. The molecule has 0 spiro atoms. The van der Waals surface area contributed by atoms with E-state index in [-0.39, 0.29) is 12.1 Å². The highest BCUT2D eigenvalue weighted by atomic mass is 32.1. The van der Waals surface area contributed by atoms with Gasteiger partial charge in [-0.2, -0.15) is 5.10 Å². The molecule has 1 fully saturated rings. The molecule has 6 rings (SSSR count). The number of aryl methyl sites for hydroxylation is 1. The summed E-state index contributed by atoms with van der Waals surface area (Å²) in [6.07, 6.45) is 7.42. The van der Waals surface area contributed by atoms with E-state index in [0.717, 1.165) is 69.3 Å². The van der Waals surface area contributed by atoms with Crippen molar-refractivity contribution in [2.75, 3.05) is 6.61 Å². The molecule has 2 atom stereocenters. The van der Waals surface area contributed by atoms with Crippen molar-refractivity contribution in [1.29, 1.82) is 0 Å². The number of hydrogen-bond acceptors (Lipinski definition) is 6. The van der Waals surface area contributed by atoms with E-state index in [1.807, 2.05) is 35.1 Å². The molecule has 33 heavy (non-hydrogen) atoms. The quantitative estimate of drug-likeness (QED) is 0.350. The van der Waals surface area contributed by atoms with Gasteiger partial charge in [0.05, 0.1) is 41.8 Å². The number of nitrogens with zero attached hydrogens (tertiary/aromatic N) is 7. The summed E-state index contributed by atoms with van der Waals surface area (Å²) in [5, 5.41) is 6.66. The molecule has 5 aromatic rings. The fourth-order valence-electron chi connectivity index (χ4n) is 4.79. The Morgan fingerprint density at radius 3 is 2.97 bits per heavy atom. The topological polar surface area (TPSA) is 74.5 Å². The molecule has 0 bridgehead atoms. The van der Waals surface area contributed by atoms with Gasteiger partial charge in [-0.05, 0) is 38.3 Å². The third kappa shape index (κ3) is 3.46. The van der Waals surface area contributed by atoms with Crippen LogP contribution in [0.1, 0.15) is 49.3 Å². The predicted octanol–water partition coefficient (Wildman–Crippen LogP) is 5.13. The molecule has 1 aliphatic heterocycles. The summed E-state index contributed by atoms with van der Waals surface area (Å²) in [4.78, 5) is 19.0. The first-order chi connectivity index (χ1) is 16.1. The Bertz CT molecular complexity index is 1510. The molecule has 1 aliphatic rings. The lowest BCUT2D eigenvalue weighted by molar-refractivity contribution is 0.00631. The summed E-state index contributed by atoms with van der Waals surface area (Å²) in [6.45, 7) is 12.4. The van der Waals surface area contributed by atoms with Crippen LogP contribution in [0.5, 0.6) is 0 Å². The number of aromatic nitrogens is 6. The zero-order valence-electron chi connectivity index (χ0n) is 18.5. The van der Waals surface area contributed by atoms with Crippen LogP contribution in [0, 0.1) is 6.57 Å². The lowest BCUT2D eigenvalue weighted by Gasteiger charge is -2.30. The molecule has 8 nitrogen and oxygen atoms in total. The van der Waals surface area contributed by atoms with E-state index in [4.69, 9.17) is 21.3 Å². The fourth-order valence-corrected chi connectivity index (χ4v) is 5.62. The highest BCUT2D eigenvalue weighted by Crippen LogP contribution is 2.35. The summed E-state index contributed by atoms with van der Waals surface area (Å²) in [6, 6.07) is 5.95. The molecule has 1 aromatic carbocycles. The Labute approximate surface area is 194 Å². The van der Waals surface area contributed by atoms with Crippen molar-refractivity contribution >= 4 is 43.9 Å². The maximum atomic E-state index is 7.47. The van der Waals surface area contributed by atoms with Gasteiger partial charge in [-0.1, -0.05) is 24.3 Å². The number of fused-ring (bicyclic) bond motifs is 4. The van der Waals surface area contributed by atoms with E-state index in [1.165, 1.54) is 0 Å². The summed E-state index contributed by atoms with van der Waals surface area (Å²) >= 11 is 1.63. The summed E-state index contributed by atoms with van der Waals surface area (Å²) in [5.74, 6) is 0.966. The van der Waals surface area contributed by atoms with Crippen LogP contribution in [0.4, 0.5) is 5.69 Å². The molecule has 0 radical (unpaired) electrons. The van der Waals surface area contributed by atoms with Gasteiger partial charge < -0.3 is 9.30 Å². The Hall–Kier alpha value is -3.35. The molecule has 9 heteroatoms. The Balaban J connectivity index is 1.53. The average molecular weight is 458 g/mol. The van der Waals surface area contributed by atoms with E-state index in [0.29, 0.717) is 12.1 Å². The van der Waals surface area contributed by atoms with Crippen LogP contribution in [-0.4, -0.2) is 41.8 Å². The molecule has 5 heterocycles. The van der Waals surface area contributed by atoms with Crippen molar-refractivity contribution in [1.82, 2.24) is 29.1 Å². The summed E-state index contributed by atoms with van der Waals surface area (Å²) in [7, 11) is 0. The number of imidazole rings is 2. The number of ether oxygens (including phenoxy) is 1. The molecular weight excluding hydrogens is 434 g/mol. The number of pyridine rings is 1. The van der Waals surface area contributed by atoms with Crippen molar-refractivity contribution in [2.45, 2.75) is 51.7 Å². The zero-order chi connectivity index (χ0) is 22.5. The smallest absolute Gasteiger partial charge is 0.212 e. The second-order valence-electron chi connectivity index (χ2n) is 8.55. The first-order valence-electron chi connectivity index (χ1n) is 11.3. The normalized spacial score (nSPS) is 18.9. The molecule has 0 saturated carbocycles.